The fraction of sp³-hybridized carbons (Fsp3) is 0.750. The summed E-state index contributed by atoms with van der Waals surface area (Å²) in [4.78, 5) is 14.7. The van der Waals surface area contributed by atoms with E-state index in [9.17, 15) is 4.79 Å². The van der Waals surface area contributed by atoms with Gasteiger partial charge in [-0.15, -0.1) is 10.2 Å². The first-order chi connectivity index (χ1) is 8.75. The van der Waals surface area contributed by atoms with Gasteiger partial charge >= 0.3 is 0 Å². The Morgan fingerprint density at radius 2 is 2.44 bits per heavy atom. The van der Waals surface area contributed by atoms with E-state index in [-0.39, 0.29) is 11.3 Å². The van der Waals surface area contributed by atoms with Crippen molar-refractivity contribution in [1.29, 1.82) is 0 Å². The fourth-order valence-electron chi connectivity index (χ4n) is 2.95. The van der Waals surface area contributed by atoms with Crippen LogP contribution in [0.4, 0.5) is 0 Å². The number of amides is 1. The molecule has 3 heterocycles. The smallest absolute Gasteiger partial charge is 0.230 e. The maximum Gasteiger partial charge on any atom is 0.230 e. The van der Waals surface area contributed by atoms with E-state index in [0.29, 0.717) is 6.54 Å². The molecule has 1 amide bonds. The van der Waals surface area contributed by atoms with Crippen LogP contribution in [-0.2, 0) is 17.9 Å². The van der Waals surface area contributed by atoms with Crippen molar-refractivity contribution >= 4 is 5.91 Å². The molecule has 6 nitrogen and oxygen atoms in total. The fourth-order valence-corrected chi connectivity index (χ4v) is 2.95. The zero-order valence-corrected chi connectivity index (χ0v) is 10.7. The lowest BCUT2D eigenvalue weighted by Gasteiger charge is -2.35. The number of carbonyl (C=O) groups is 1. The molecule has 1 aromatic heterocycles. The molecule has 2 aliphatic heterocycles. The number of nitrogens with one attached hydrogen (secondary N) is 1. The molecule has 0 aliphatic carbocycles. The van der Waals surface area contributed by atoms with Crippen molar-refractivity contribution in [3.05, 3.63) is 12.2 Å². The molecule has 1 atom stereocenters. The van der Waals surface area contributed by atoms with Gasteiger partial charge in [0.15, 0.2) is 5.82 Å². The molecule has 1 unspecified atom stereocenters. The molecule has 18 heavy (non-hydrogen) atoms. The van der Waals surface area contributed by atoms with E-state index >= 15 is 0 Å². The third kappa shape index (κ3) is 1.71. The molecule has 98 valence electrons. The van der Waals surface area contributed by atoms with Crippen molar-refractivity contribution in [1.82, 2.24) is 25.0 Å². The van der Waals surface area contributed by atoms with Crippen molar-refractivity contribution in [2.75, 3.05) is 19.6 Å². The normalized spacial score (nSPS) is 27.3. The standard InChI is InChI=1S/C12H19N5O/c1-2-12(3-4-13-8-12)11(18)16-5-6-17-9-14-15-10(17)7-16/h9,13H,2-8H2,1H3. The average Bonchev–Trinajstić information content (AvgIpc) is 3.06. The second-order valence-electron chi connectivity index (χ2n) is 5.23. The lowest BCUT2D eigenvalue weighted by atomic mass is 9.82. The van der Waals surface area contributed by atoms with Gasteiger partial charge in [0, 0.05) is 19.6 Å². The minimum Gasteiger partial charge on any atom is -0.333 e. The van der Waals surface area contributed by atoms with Gasteiger partial charge in [-0.2, -0.15) is 0 Å². The van der Waals surface area contributed by atoms with E-state index in [1.807, 2.05) is 9.47 Å². The Labute approximate surface area is 106 Å². The topological polar surface area (TPSA) is 63.1 Å². The average molecular weight is 249 g/mol. The van der Waals surface area contributed by atoms with Gasteiger partial charge in [-0.25, -0.2) is 0 Å². The number of carbonyl (C=O) groups excluding carboxylic acids is 1. The number of nitrogens with zero attached hydrogens (tertiary/aromatic N) is 4. The highest BCUT2D eigenvalue weighted by atomic mass is 16.2. The van der Waals surface area contributed by atoms with Gasteiger partial charge in [0.2, 0.25) is 5.91 Å². The van der Waals surface area contributed by atoms with Crippen LogP contribution in [0.3, 0.4) is 0 Å². The second kappa shape index (κ2) is 4.35. The van der Waals surface area contributed by atoms with E-state index in [0.717, 1.165) is 44.8 Å². The van der Waals surface area contributed by atoms with Crippen LogP contribution >= 0.6 is 0 Å². The molecule has 0 saturated carbocycles. The van der Waals surface area contributed by atoms with Crippen LogP contribution in [0.15, 0.2) is 6.33 Å². The summed E-state index contributed by atoms with van der Waals surface area (Å²) in [6, 6.07) is 0. The van der Waals surface area contributed by atoms with Crippen LogP contribution in [0.2, 0.25) is 0 Å². The monoisotopic (exact) mass is 249 g/mol. The van der Waals surface area contributed by atoms with E-state index in [2.05, 4.69) is 22.4 Å². The van der Waals surface area contributed by atoms with Crippen LogP contribution in [-0.4, -0.2) is 45.2 Å². The zero-order valence-electron chi connectivity index (χ0n) is 10.7. The first kappa shape index (κ1) is 11.6. The van der Waals surface area contributed by atoms with Gasteiger partial charge < -0.3 is 14.8 Å². The highest BCUT2D eigenvalue weighted by Crippen LogP contribution is 2.32. The van der Waals surface area contributed by atoms with E-state index in [1.165, 1.54) is 0 Å². The summed E-state index contributed by atoms with van der Waals surface area (Å²) in [6.07, 6.45) is 3.59. The Kier molecular flexibility index (Phi) is 2.81. The van der Waals surface area contributed by atoms with Crippen LogP contribution in [0, 0.1) is 5.41 Å². The van der Waals surface area contributed by atoms with Crippen LogP contribution < -0.4 is 5.32 Å². The van der Waals surface area contributed by atoms with Crippen molar-refractivity contribution in [3.63, 3.8) is 0 Å². The van der Waals surface area contributed by atoms with Crippen molar-refractivity contribution < 1.29 is 4.79 Å². The molecular formula is C12H19N5O. The number of fused-ring (bicyclic) bond motifs is 1. The summed E-state index contributed by atoms with van der Waals surface area (Å²) in [5.74, 6) is 1.18. The SMILES string of the molecule is CCC1(C(=O)N2CCn3cnnc3C2)CCNC1. The Morgan fingerprint density at radius 3 is 3.17 bits per heavy atom. The molecule has 1 N–H and O–H groups in total. The summed E-state index contributed by atoms with van der Waals surface area (Å²) in [5, 5.41) is 11.3. The van der Waals surface area contributed by atoms with Gasteiger partial charge in [-0.1, -0.05) is 6.92 Å². The van der Waals surface area contributed by atoms with Crippen LogP contribution in [0.5, 0.6) is 0 Å². The lowest BCUT2D eigenvalue weighted by Crippen LogP contribution is -2.47. The Hall–Kier alpha value is -1.43. The second-order valence-corrected chi connectivity index (χ2v) is 5.23. The first-order valence-electron chi connectivity index (χ1n) is 6.62. The largest absolute Gasteiger partial charge is 0.333 e. The molecule has 1 aromatic rings. The van der Waals surface area contributed by atoms with Crippen LogP contribution in [0.25, 0.3) is 0 Å². The first-order valence-corrected chi connectivity index (χ1v) is 6.62. The van der Waals surface area contributed by atoms with E-state index < -0.39 is 0 Å². The summed E-state index contributed by atoms with van der Waals surface area (Å²) < 4.78 is 2.02. The molecule has 0 radical (unpaired) electrons. The van der Waals surface area contributed by atoms with Crippen molar-refractivity contribution in [2.45, 2.75) is 32.9 Å². The van der Waals surface area contributed by atoms with Crippen molar-refractivity contribution in [3.8, 4) is 0 Å². The number of aromatic nitrogens is 3. The summed E-state index contributed by atoms with van der Waals surface area (Å²) in [6.45, 7) is 6.04. The quantitative estimate of drug-likeness (QED) is 0.802. The summed E-state index contributed by atoms with van der Waals surface area (Å²) in [5.41, 5.74) is -0.192. The number of hydrogen-bond donors (Lipinski definition) is 1. The highest BCUT2D eigenvalue weighted by molar-refractivity contribution is 5.83. The van der Waals surface area contributed by atoms with Gasteiger partial charge in [0.25, 0.3) is 0 Å². The molecule has 2 aliphatic rings. The molecule has 3 rings (SSSR count). The third-order valence-electron chi connectivity index (χ3n) is 4.30. The summed E-state index contributed by atoms with van der Waals surface area (Å²) >= 11 is 0. The molecule has 0 spiro atoms. The van der Waals surface area contributed by atoms with Crippen molar-refractivity contribution in [2.24, 2.45) is 5.41 Å². The summed E-state index contributed by atoms with van der Waals surface area (Å²) in [7, 11) is 0. The molecular weight excluding hydrogens is 230 g/mol. The zero-order chi connectivity index (χ0) is 12.6. The molecule has 6 heteroatoms. The van der Waals surface area contributed by atoms with Gasteiger partial charge in [0.05, 0.1) is 12.0 Å². The van der Waals surface area contributed by atoms with Gasteiger partial charge in [-0.3, -0.25) is 4.79 Å². The Balaban J connectivity index is 1.78. The Morgan fingerprint density at radius 1 is 1.56 bits per heavy atom. The minimum absolute atomic E-state index is 0.192. The highest BCUT2D eigenvalue weighted by Gasteiger charge is 2.42. The molecule has 0 aromatic carbocycles. The van der Waals surface area contributed by atoms with Gasteiger partial charge in [0.1, 0.15) is 6.33 Å². The van der Waals surface area contributed by atoms with E-state index in [4.69, 9.17) is 0 Å². The number of hydrogen-bond acceptors (Lipinski definition) is 4. The predicted molar refractivity (Wildman–Crippen MR) is 65.6 cm³/mol. The third-order valence-corrected chi connectivity index (χ3v) is 4.30. The predicted octanol–water partition coefficient (Wildman–Crippen LogP) is 0.0100. The maximum atomic E-state index is 12.7. The van der Waals surface area contributed by atoms with Crippen LogP contribution in [0.1, 0.15) is 25.6 Å². The molecule has 0 bridgehead atoms. The minimum atomic E-state index is -0.192. The maximum absolute atomic E-state index is 12.7. The van der Waals surface area contributed by atoms with E-state index in [1.54, 1.807) is 6.33 Å². The number of rotatable bonds is 2. The molecule has 1 fully saturated rings. The molecule has 1 saturated heterocycles. The van der Waals surface area contributed by atoms with Gasteiger partial charge in [-0.05, 0) is 19.4 Å². The Bertz CT molecular complexity index is 449. The lowest BCUT2D eigenvalue weighted by molar-refractivity contribution is -0.143.